The molecule has 4 atom stereocenters. The van der Waals surface area contributed by atoms with E-state index < -0.39 is 0 Å². The molecule has 0 heterocycles. The van der Waals surface area contributed by atoms with Crippen LogP contribution in [0.2, 0.25) is 0 Å². The van der Waals surface area contributed by atoms with Crippen LogP contribution >= 0.6 is 0 Å². The normalized spacial score (nSPS) is 28.5. The molecule has 0 amide bonds. The summed E-state index contributed by atoms with van der Waals surface area (Å²) in [4.78, 5) is 2.49. The molecule has 2 heteroatoms. The van der Waals surface area contributed by atoms with E-state index in [0.29, 0.717) is 23.9 Å². The van der Waals surface area contributed by atoms with Crippen LogP contribution in [0, 0.1) is 5.92 Å². The van der Waals surface area contributed by atoms with Gasteiger partial charge in [-0.1, -0.05) is 45.0 Å². The number of nitrogens with two attached hydrogens (primary N) is 1. The summed E-state index contributed by atoms with van der Waals surface area (Å²) in [5.41, 5.74) is 9.33. The Labute approximate surface area is 118 Å². The molecule has 0 fully saturated rings. The Bertz CT molecular complexity index is 427. The third-order valence-electron chi connectivity index (χ3n) is 5.03. The standard InChI is InChI=1S/C17H28N2/c1-11(2)13(4)19(5)16-10-12(3)14-8-6-7-9-15(14)17(16)18/h6-9,11-13,16-17H,10,18H2,1-5H3. The van der Waals surface area contributed by atoms with Crippen LogP contribution in [0.5, 0.6) is 0 Å². The molecule has 0 saturated heterocycles. The van der Waals surface area contributed by atoms with E-state index >= 15 is 0 Å². The molecule has 2 rings (SSSR count). The van der Waals surface area contributed by atoms with Gasteiger partial charge in [-0.2, -0.15) is 0 Å². The first kappa shape index (κ1) is 14.5. The van der Waals surface area contributed by atoms with Gasteiger partial charge < -0.3 is 5.73 Å². The van der Waals surface area contributed by atoms with Crippen LogP contribution in [-0.2, 0) is 0 Å². The first-order valence-corrected chi connectivity index (χ1v) is 7.49. The second-order valence-electron chi connectivity index (χ2n) is 6.51. The molecule has 1 aromatic rings. The highest BCUT2D eigenvalue weighted by Gasteiger charge is 2.34. The van der Waals surface area contributed by atoms with Crippen LogP contribution in [0.4, 0.5) is 0 Å². The van der Waals surface area contributed by atoms with Gasteiger partial charge in [-0.15, -0.1) is 0 Å². The third-order valence-corrected chi connectivity index (χ3v) is 5.03. The number of likely N-dealkylation sites (N-methyl/N-ethyl adjacent to an activating group) is 1. The number of fused-ring (bicyclic) bond motifs is 1. The van der Waals surface area contributed by atoms with Gasteiger partial charge in [-0.05, 0) is 43.4 Å². The maximum Gasteiger partial charge on any atom is 0.0456 e. The molecule has 0 bridgehead atoms. The molecule has 4 unspecified atom stereocenters. The first-order valence-electron chi connectivity index (χ1n) is 7.49. The van der Waals surface area contributed by atoms with Gasteiger partial charge in [0.1, 0.15) is 0 Å². The minimum Gasteiger partial charge on any atom is -0.323 e. The summed E-state index contributed by atoms with van der Waals surface area (Å²) in [5.74, 6) is 1.26. The topological polar surface area (TPSA) is 29.3 Å². The number of rotatable bonds is 3. The van der Waals surface area contributed by atoms with E-state index in [4.69, 9.17) is 5.73 Å². The Morgan fingerprint density at radius 2 is 1.74 bits per heavy atom. The van der Waals surface area contributed by atoms with Crippen LogP contribution in [0.25, 0.3) is 0 Å². The Balaban J connectivity index is 2.27. The quantitative estimate of drug-likeness (QED) is 0.900. The maximum atomic E-state index is 6.55. The lowest BCUT2D eigenvalue weighted by Crippen LogP contribution is -2.49. The zero-order valence-electron chi connectivity index (χ0n) is 12.9. The van der Waals surface area contributed by atoms with Crippen LogP contribution in [0.15, 0.2) is 24.3 Å². The van der Waals surface area contributed by atoms with Crippen molar-refractivity contribution in [3.63, 3.8) is 0 Å². The minimum absolute atomic E-state index is 0.138. The highest BCUT2D eigenvalue weighted by molar-refractivity contribution is 5.36. The smallest absolute Gasteiger partial charge is 0.0456 e. The summed E-state index contributed by atoms with van der Waals surface area (Å²) in [6.45, 7) is 9.20. The molecule has 0 saturated carbocycles. The van der Waals surface area contributed by atoms with Gasteiger partial charge in [-0.3, -0.25) is 4.90 Å². The van der Waals surface area contributed by atoms with Crippen molar-refractivity contribution in [2.24, 2.45) is 11.7 Å². The zero-order chi connectivity index (χ0) is 14.2. The second kappa shape index (κ2) is 5.64. The number of hydrogen-bond acceptors (Lipinski definition) is 2. The van der Waals surface area contributed by atoms with Crippen LogP contribution in [0.3, 0.4) is 0 Å². The summed E-state index contributed by atoms with van der Waals surface area (Å²) < 4.78 is 0. The Morgan fingerprint density at radius 1 is 1.16 bits per heavy atom. The molecular formula is C17H28N2. The first-order chi connectivity index (χ1) is 8.93. The van der Waals surface area contributed by atoms with Crippen LogP contribution < -0.4 is 5.73 Å². The van der Waals surface area contributed by atoms with Crippen molar-refractivity contribution < 1.29 is 0 Å². The molecule has 0 radical (unpaired) electrons. The molecule has 106 valence electrons. The van der Waals surface area contributed by atoms with E-state index in [2.05, 4.69) is 63.9 Å². The summed E-state index contributed by atoms with van der Waals surface area (Å²) in [5, 5.41) is 0. The lowest BCUT2D eigenvalue weighted by molar-refractivity contribution is 0.111. The van der Waals surface area contributed by atoms with Crippen molar-refractivity contribution in [1.29, 1.82) is 0 Å². The fourth-order valence-corrected chi connectivity index (χ4v) is 3.30. The maximum absolute atomic E-state index is 6.55. The summed E-state index contributed by atoms with van der Waals surface area (Å²) in [6, 6.07) is 9.83. The molecule has 2 nitrogen and oxygen atoms in total. The summed E-state index contributed by atoms with van der Waals surface area (Å²) >= 11 is 0. The van der Waals surface area contributed by atoms with Gasteiger partial charge in [-0.25, -0.2) is 0 Å². The fourth-order valence-electron chi connectivity index (χ4n) is 3.30. The SMILES string of the molecule is CC1CC(N(C)C(C)C(C)C)C(N)c2ccccc21. The molecular weight excluding hydrogens is 232 g/mol. The summed E-state index contributed by atoms with van der Waals surface area (Å²) in [6.07, 6.45) is 1.16. The van der Waals surface area contributed by atoms with E-state index in [9.17, 15) is 0 Å². The minimum atomic E-state index is 0.138. The Morgan fingerprint density at radius 3 is 2.32 bits per heavy atom. The van der Waals surface area contributed by atoms with Crippen LogP contribution in [0.1, 0.15) is 57.2 Å². The van der Waals surface area contributed by atoms with Crippen molar-refractivity contribution in [2.75, 3.05) is 7.05 Å². The van der Waals surface area contributed by atoms with Gasteiger partial charge in [0.05, 0.1) is 0 Å². The van der Waals surface area contributed by atoms with Crippen molar-refractivity contribution in [1.82, 2.24) is 4.90 Å². The molecule has 0 aliphatic heterocycles. The zero-order valence-corrected chi connectivity index (χ0v) is 12.9. The Kier molecular flexibility index (Phi) is 4.32. The van der Waals surface area contributed by atoms with E-state index in [-0.39, 0.29) is 6.04 Å². The van der Waals surface area contributed by atoms with Crippen molar-refractivity contribution in [2.45, 2.75) is 58.2 Å². The molecule has 2 N–H and O–H groups in total. The lowest BCUT2D eigenvalue weighted by Gasteiger charge is -2.43. The molecule has 1 aliphatic rings. The number of nitrogens with zero attached hydrogens (tertiary/aromatic N) is 1. The van der Waals surface area contributed by atoms with Crippen molar-refractivity contribution in [3.8, 4) is 0 Å². The molecule has 1 aliphatic carbocycles. The highest BCUT2D eigenvalue weighted by atomic mass is 15.2. The molecule has 19 heavy (non-hydrogen) atoms. The van der Waals surface area contributed by atoms with Crippen LogP contribution in [-0.4, -0.2) is 24.0 Å². The third kappa shape index (κ3) is 2.70. The number of hydrogen-bond donors (Lipinski definition) is 1. The second-order valence-corrected chi connectivity index (χ2v) is 6.51. The molecule has 0 aromatic heterocycles. The molecule has 1 aromatic carbocycles. The van der Waals surface area contributed by atoms with E-state index in [1.807, 2.05) is 0 Å². The summed E-state index contributed by atoms with van der Waals surface area (Å²) in [7, 11) is 2.23. The van der Waals surface area contributed by atoms with E-state index in [0.717, 1.165) is 6.42 Å². The highest BCUT2D eigenvalue weighted by Crippen LogP contribution is 2.38. The largest absolute Gasteiger partial charge is 0.323 e. The van der Waals surface area contributed by atoms with Crippen molar-refractivity contribution >= 4 is 0 Å². The predicted molar refractivity (Wildman–Crippen MR) is 82.3 cm³/mol. The van der Waals surface area contributed by atoms with Gasteiger partial charge in [0.25, 0.3) is 0 Å². The van der Waals surface area contributed by atoms with Gasteiger partial charge in [0.15, 0.2) is 0 Å². The average molecular weight is 260 g/mol. The van der Waals surface area contributed by atoms with Crippen molar-refractivity contribution in [3.05, 3.63) is 35.4 Å². The predicted octanol–water partition coefficient (Wildman–Crippen LogP) is 3.54. The number of benzene rings is 1. The average Bonchev–Trinajstić information content (AvgIpc) is 2.41. The van der Waals surface area contributed by atoms with Gasteiger partial charge in [0.2, 0.25) is 0 Å². The Hall–Kier alpha value is -0.860. The molecule has 0 spiro atoms. The van der Waals surface area contributed by atoms with Gasteiger partial charge in [0, 0.05) is 18.1 Å². The fraction of sp³-hybridized carbons (Fsp3) is 0.647. The van der Waals surface area contributed by atoms with Gasteiger partial charge >= 0.3 is 0 Å². The lowest BCUT2D eigenvalue weighted by atomic mass is 9.77. The monoisotopic (exact) mass is 260 g/mol. The van der Waals surface area contributed by atoms with E-state index in [1.54, 1.807) is 0 Å². The van der Waals surface area contributed by atoms with E-state index in [1.165, 1.54) is 11.1 Å².